The molecule has 0 aliphatic heterocycles. The van der Waals surface area contributed by atoms with Crippen molar-refractivity contribution in [2.75, 3.05) is 0 Å². The standard InChI is InChI=1S/C15H13BrO2/c1-10-4-3-5-11(2)14(10)18-15(17)12-6-8-13(16)9-7-12/h3-9H,1-2H3. The van der Waals surface area contributed by atoms with Gasteiger partial charge in [0.15, 0.2) is 0 Å². The van der Waals surface area contributed by atoms with E-state index in [4.69, 9.17) is 4.74 Å². The molecule has 0 bridgehead atoms. The second-order valence-electron chi connectivity index (χ2n) is 4.12. The van der Waals surface area contributed by atoms with Gasteiger partial charge in [0.2, 0.25) is 0 Å². The monoisotopic (exact) mass is 304 g/mol. The van der Waals surface area contributed by atoms with Gasteiger partial charge >= 0.3 is 5.97 Å². The number of esters is 1. The Labute approximate surface area is 115 Å². The molecular weight excluding hydrogens is 292 g/mol. The van der Waals surface area contributed by atoms with E-state index in [1.807, 2.05) is 44.2 Å². The average molecular weight is 305 g/mol. The highest BCUT2D eigenvalue weighted by molar-refractivity contribution is 9.10. The molecule has 0 saturated heterocycles. The SMILES string of the molecule is Cc1cccc(C)c1OC(=O)c1ccc(Br)cc1. The Morgan fingerprint density at radius 1 is 1.00 bits per heavy atom. The molecule has 0 aliphatic carbocycles. The summed E-state index contributed by atoms with van der Waals surface area (Å²) in [5.74, 6) is 0.310. The molecule has 0 atom stereocenters. The van der Waals surface area contributed by atoms with Crippen molar-refractivity contribution in [3.05, 3.63) is 63.6 Å². The molecule has 3 heteroatoms. The zero-order valence-electron chi connectivity index (χ0n) is 10.2. The van der Waals surface area contributed by atoms with Gasteiger partial charge in [-0.05, 0) is 49.2 Å². The highest BCUT2D eigenvalue weighted by atomic mass is 79.9. The van der Waals surface area contributed by atoms with Gasteiger partial charge < -0.3 is 4.74 Å². The zero-order chi connectivity index (χ0) is 13.1. The summed E-state index contributed by atoms with van der Waals surface area (Å²) < 4.78 is 6.38. The normalized spacial score (nSPS) is 10.2. The molecule has 0 heterocycles. The zero-order valence-corrected chi connectivity index (χ0v) is 11.8. The molecule has 0 fully saturated rings. The first-order valence-electron chi connectivity index (χ1n) is 5.62. The van der Waals surface area contributed by atoms with Crippen LogP contribution < -0.4 is 4.74 Å². The van der Waals surface area contributed by atoms with Crippen molar-refractivity contribution in [1.29, 1.82) is 0 Å². The van der Waals surface area contributed by atoms with Gasteiger partial charge in [-0.1, -0.05) is 34.1 Å². The van der Waals surface area contributed by atoms with Crippen molar-refractivity contribution in [3.63, 3.8) is 0 Å². The van der Waals surface area contributed by atoms with Crippen LogP contribution in [-0.4, -0.2) is 5.97 Å². The maximum absolute atomic E-state index is 12.0. The summed E-state index contributed by atoms with van der Waals surface area (Å²) in [5, 5.41) is 0. The number of hydrogen-bond acceptors (Lipinski definition) is 2. The summed E-state index contributed by atoms with van der Waals surface area (Å²) in [7, 11) is 0. The Kier molecular flexibility index (Phi) is 3.82. The second-order valence-corrected chi connectivity index (χ2v) is 5.03. The lowest BCUT2D eigenvalue weighted by molar-refractivity contribution is 0.0732. The van der Waals surface area contributed by atoms with Crippen molar-refractivity contribution in [1.82, 2.24) is 0 Å². The molecule has 0 N–H and O–H groups in total. The molecular formula is C15H13BrO2. The lowest BCUT2D eigenvalue weighted by atomic mass is 10.1. The van der Waals surface area contributed by atoms with Crippen LogP contribution >= 0.6 is 15.9 Å². The second kappa shape index (κ2) is 5.36. The molecule has 18 heavy (non-hydrogen) atoms. The van der Waals surface area contributed by atoms with Gasteiger partial charge in [-0.2, -0.15) is 0 Å². The summed E-state index contributed by atoms with van der Waals surface area (Å²) in [5.41, 5.74) is 2.46. The quantitative estimate of drug-likeness (QED) is 0.611. The lowest BCUT2D eigenvalue weighted by Crippen LogP contribution is -2.10. The average Bonchev–Trinajstić information content (AvgIpc) is 2.34. The molecule has 2 rings (SSSR count). The van der Waals surface area contributed by atoms with Crippen molar-refractivity contribution >= 4 is 21.9 Å². The maximum atomic E-state index is 12.0. The van der Waals surface area contributed by atoms with Gasteiger partial charge in [-0.3, -0.25) is 0 Å². The number of benzene rings is 2. The van der Waals surface area contributed by atoms with Crippen molar-refractivity contribution in [2.24, 2.45) is 0 Å². The third-order valence-corrected chi connectivity index (χ3v) is 3.21. The third kappa shape index (κ3) is 2.79. The predicted molar refractivity (Wildman–Crippen MR) is 75.0 cm³/mol. The molecule has 0 unspecified atom stereocenters. The molecule has 2 aromatic carbocycles. The van der Waals surface area contributed by atoms with Crippen LogP contribution in [0.5, 0.6) is 5.75 Å². The smallest absolute Gasteiger partial charge is 0.343 e. The highest BCUT2D eigenvalue weighted by Gasteiger charge is 2.11. The van der Waals surface area contributed by atoms with Crippen LogP contribution in [0.1, 0.15) is 21.5 Å². The third-order valence-electron chi connectivity index (χ3n) is 2.68. The van der Waals surface area contributed by atoms with Crippen molar-refractivity contribution in [3.8, 4) is 5.75 Å². The van der Waals surface area contributed by atoms with Gasteiger partial charge in [0, 0.05) is 4.47 Å². The van der Waals surface area contributed by atoms with E-state index in [1.54, 1.807) is 12.1 Å². The van der Waals surface area contributed by atoms with Crippen LogP contribution in [0, 0.1) is 13.8 Å². The van der Waals surface area contributed by atoms with E-state index in [0.717, 1.165) is 15.6 Å². The molecule has 92 valence electrons. The number of para-hydroxylation sites is 1. The Morgan fingerprint density at radius 3 is 2.11 bits per heavy atom. The molecule has 2 nitrogen and oxygen atoms in total. The van der Waals surface area contributed by atoms with Gasteiger partial charge in [-0.25, -0.2) is 4.79 Å². The van der Waals surface area contributed by atoms with Crippen LogP contribution in [-0.2, 0) is 0 Å². The van der Waals surface area contributed by atoms with E-state index in [1.165, 1.54) is 0 Å². The van der Waals surface area contributed by atoms with E-state index < -0.39 is 0 Å². The number of hydrogen-bond donors (Lipinski definition) is 0. The van der Waals surface area contributed by atoms with Crippen molar-refractivity contribution in [2.45, 2.75) is 13.8 Å². The Hall–Kier alpha value is -1.61. The fourth-order valence-corrected chi connectivity index (χ4v) is 1.96. The molecule has 0 spiro atoms. The number of carbonyl (C=O) groups excluding carboxylic acids is 1. The summed E-state index contributed by atoms with van der Waals surface area (Å²) in [6.07, 6.45) is 0. The summed E-state index contributed by atoms with van der Waals surface area (Å²) in [4.78, 5) is 12.0. The van der Waals surface area contributed by atoms with Crippen LogP contribution in [0.2, 0.25) is 0 Å². The minimum atomic E-state index is -0.333. The molecule has 2 aromatic rings. The van der Waals surface area contributed by atoms with Gasteiger partial charge in [-0.15, -0.1) is 0 Å². The summed E-state index contributed by atoms with van der Waals surface area (Å²) in [6, 6.07) is 12.9. The first-order valence-corrected chi connectivity index (χ1v) is 6.41. The van der Waals surface area contributed by atoms with E-state index in [-0.39, 0.29) is 5.97 Å². The maximum Gasteiger partial charge on any atom is 0.343 e. The fourth-order valence-electron chi connectivity index (χ4n) is 1.70. The van der Waals surface area contributed by atoms with Crippen LogP contribution in [0.4, 0.5) is 0 Å². The number of ether oxygens (including phenoxy) is 1. The lowest BCUT2D eigenvalue weighted by Gasteiger charge is -2.10. The summed E-state index contributed by atoms with van der Waals surface area (Å²) in [6.45, 7) is 3.86. The molecule has 0 aliphatic rings. The number of rotatable bonds is 2. The van der Waals surface area contributed by atoms with Crippen LogP contribution in [0.15, 0.2) is 46.9 Å². The molecule has 0 aromatic heterocycles. The van der Waals surface area contributed by atoms with Crippen LogP contribution in [0.3, 0.4) is 0 Å². The van der Waals surface area contributed by atoms with E-state index in [9.17, 15) is 4.79 Å². The largest absolute Gasteiger partial charge is 0.422 e. The van der Waals surface area contributed by atoms with Gasteiger partial charge in [0.05, 0.1) is 5.56 Å². The minimum absolute atomic E-state index is 0.333. The van der Waals surface area contributed by atoms with E-state index >= 15 is 0 Å². The first-order chi connectivity index (χ1) is 8.58. The minimum Gasteiger partial charge on any atom is -0.422 e. The Balaban J connectivity index is 2.24. The van der Waals surface area contributed by atoms with Crippen molar-refractivity contribution < 1.29 is 9.53 Å². The topological polar surface area (TPSA) is 26.3 Å². The highest BCUT2D eigenvalue weighted by Crippen LogP contribution is 2.23. The molecule has 0 saturated carbocycles. The summed E-state index contributed by atoms with van der Waals surface area (Å²) >= 11 is 3.33. The Morgan fingerprint density at radius 2 is 1.56 bits per heavy atom. The number of carbonyl (C=O) groups is 1. The fraction of sp³-hybridized carbons (Fsp3) is 0.133. The first kappa shape index (κ1) is 12.8. The number of aryl methyl sites for hydroxylation is 2. The number of halogens is 1. The van der Waals surface area contributed by atoms with Crippen LogP contribution in [0.25, 0.3) is 0 Å². The van der Waals surface area contributed by atoms with Gasteiger partial charge in [0.25, 0.3) is 0 Å². The van der Waals surface area contributed by atoms with E-state index in [0.29, 0.717) is 11.3 Å². The van der Waals surface area contributed by atoms with Gasteiger partial charge in [0.1, 0.15) is 5.75 Å². The molecule has 0 amide bonds. The molecule has 0 radical (unpaired) electrons. The predicted octanol–water partition coefficient (Wildman–Crippen LogP) is 4.29. The Bertz CT molecular complexity index is 553. The van der Waals surface area contributed by atoms with E-state index in [2.05, 4.69) is 15.9 Å².